The summed E-state index contributed by atoms with van der Waals surface area (Å²) in [6.07, 6.45) is 0. The second kappa shape index (κ2) is 7.81. The van der Waals surface area contributed by atoms with E-state index in [4.69, 9.17) is 0 Å². The molecule has 0 radical (unpaired) electrons. The lowest BCUT2D eigenvalue weighted by molar-refractivity contribution is -0.143. The number of anilines is 1. The van der Waals surface area contributed by atoms with E-state index < -0.39 is 11.8 Å². The maximum atomic E-state index is 12.3. The van der Waals surface area contributed by atoms with E-state index in [0.717, 1.165) is 5.56 Å². The maximum Gasteiger partial charge on any atom is 0.313 e. The molecule has 4 nitrogen and oxygen atoms in total. The molecular weight excluding hydrogens is 264 g/mol. The average molecular weight is 290 g/mol. The summed E-state index contributed by atoms with van der Waals surface area (Å²) in [5.41, 5.74) is 1.76. The summed E-state index contributed by atoms with van der Waals surface area (Å²) in [5.74, 6) is -0.363. The number of nitrogens with zero attached hydrogens (tertiary/aromatic N) is 1. The highest BCUT2D eigenvalue weighted by molar-refractivity contribution is 6.39. The first-order valence-corrected chi connectivity index (χ1v) is 7.46. The zero-order chi connectivity index (χ0) is 16.0. The van der Waals surface area contributed by atoms with E-state index in [1.54, 1.807) is 17.0 Å². The predicted molar refractivity (Wildman–Crippen MR) is 86.1 cm³/mol. The van der Waals surface area contributed by atoms with Crippen LogP contribution in [0.2, 0.25) is 0 Å². The van der Waals surface area contributed by atoms with Crippen molar-refractivity contribution in [3.63, 3.8) is 0 Å². The molecular formula is C17H26N2O2. The first-order chi connectivity index (χ1) is 9.79. The molecule has 0 fully saturated rings. The minimum Gasteiger partial charge on any atom is -0.334 e. The SMILES string of the molecule is Cc1ccc(NC(=O)C(=O)N(CC(C)C)CC(C)C)cc1. The summed E-state index contributed by atoms with van der Waals surface area (Å²) < 4.78 is 0. The van der Waals surface area contributed by atoms with Gasteiger partial charge in [0.05, 0.1) is 0 Å². The van der Waals surface area contributed by atoms with Gasteiger partial charge in [-0.05, 0) is 30.9 Å². The number of carbonyl (C=O) groups is 2. The van der Waals surface area contributed by atoms with E-state index in [0.29, 0.717) is 30.6 Å². The molecule has 1 aromatic rings. The maximum absolute atomic E-state index is 12.3. The van der Waals surface area contributed by atoms with Crippen molar-refractivity contribution in [3.8, 4) is 0 Å². The van der Waals surface area contributed by atoms with Crippen molar-refractivity contribution in [2.24, 2.45) is 11.8 Å². The minimum atomic E-state index is -0.569. The van der Waals surface area contributed by atoms with E-state index >= 15 is 0 Å². The highest BCUT2D eigenvalue weighted by atomic mass is 16.2. The first kappa shape index (κ1) is 17.2. The van der Waals surface area contributed by atoms with Gasteiger partial charge < -0.3 is 10.2 Å². The number of rotatable bonds is 5. The molecule has 2 amide bonds. The van der Waals surface area contributed by atoms with Crippen LogP contribution in [-0.4, -0.2) is 29.8 Å². The Labute approximate surface area is 127 Å². The van der Waals surface area contributed by atoms with Crippen molar-refractivity contribution in [1.82, 2.24) is 4.90 Å². The third kappa shape index (κ3) is 5.98. The molecule has 1 rings (SSSR count). The van der Waals surface area contributed by atoms with Crippen molar-refractivity contribution >= 4 is 17.5 Å². The fraction of sp³-hybridized carbons (Fsp3) is 0.529. The van der Waals surface area contributed by atoms with Gasteiger partial charge in [0.2, 0.25) is 0 Å². The van der Waals surface area contributed by atoms with Crippen LogP contribution in [0.5, 0.6) is 0 Å². The summed E-state index contributed by atoms with van der Waals surface area (Å²) in [7, 11) is 0. The number of amides is 2. The third-order valence-corrected chi connectivity index (χ3v) is 2.96. The summed E-state index contributed by atoms with van der Waals surface area (Å²) >= 11 is 0. The van der Waals surface area contributed by atoms with Crippen LogP contribution in [0.25, 0.3) is 0 Å². The molecule has 0 aliphatic heterocycles. The number of nitrogens with one attached hydrogen (secondary N) is 1. The molecule has 0 bridgehead atoms. The van der Waals surface area contributed by atoms with Gasteiger partial charge in [-0.25, -0.2) is 0 Å². The molecule has 4 heteroatoms. The van der Waals surface area contributed by atoms with Gasteiger partial charge in [0.25, 0.3) is 0 Å². The number of hydrogen-bond donors (Lipinski definition) is 1. The Hall–Kier alpha value is -1.84. The first-order valence-electron chi connectivity index (χ1n) is 7.46. The number of hydrogen-bond acceptors (Lipinski definition) is 2. The fourth-order valence-electron chi connectivity index (χ4n) is 2.09. The van der Waals surface area contributed by atoms with Gasteiger partial charge in [-0.3, -0.25) is 9.59 Å². The van der Waals surface area contributed by atoms with E-state index in [1.165, 1.54) is 0 Å². The quantitative estimate of drug-likeness (QED) is 0.847. The van der Waals surface area contributed by atoms with Gasteiger partial charge in [-0.1, -0.05) is 45.4 Å². The Morgan fingerprint density at radius 1 is 1.00 bits per heavy atom. The third-order valence-electron chi connectivity index (χ3n) is 2.96. The molecule has 0 atom stereocenters. The molecule has 21 heavy (non-hydrogen) atoms. The predicted octanol–water partition coefficient (Wildman–Crippen LogP) is 3.07. The molecule has 116 valence electrons. The summed E-state index contributed by atoms with van der Waals surface area (Å²) in [6.45, 7) is 11.3. The van der Waals surface area contributed by atoms with Crippen LogP contribution >= 0.6 is 0 Å². The van der Waals surface area contributed by atoms with Crippen LogP contribution < -0.4 is 5.32 Å². The van der Waals surface area contributed by atoms with Crippen LogP contribution in [0.4, 0.5) is 5.69 Å². The van der Waals surface area contributed by atoms with E-state index in [-0.39, 0.29) is 0 Å². The van der Waals surface area contributed by atoms with Crippen LogP contribution in [0.1, 0.15) is 33.3 Å². The lowest BCUT2D eigenvalue weighted by Gasteiger charge is -2.25. The van der Waals surface area contributed by atoms with Gasteiger partial charge in [0.1, 0.15) is 0 Å². The van der Waals surface area contributed by atoms with Gasteiger partial charge in [0.15, 0.2) is 0 Å². The van der Waals surface area contributed by atoms with Crippen LogP contribution in [0.15, 0.2) is 24.3 Å². The van der Waals surface area contributed by atoms with E-state index in [2.05, 4.69) is 5.32 Å². The Balaban J connectivity index is 2.72. The van der Waals surface area contributed by atoms with Gasteiger partial charge in [-0.15, -0.1) is 0 Å². The van der Waals surface area contributed by atoms with Gasteiger partial charge >= 0.3 is 11.8 Å². The number of aryl methyl sites for hydroxylation is 1. The fourth-order valence-corrected chi connectivity index (χ4v) is 2.09. The Kier molecular flexibility index (Phi) is 6.40. The van der Waals surface area contributed by atoms with Crippen LogP contribution in [0.3, 0.4) is 0 Å². The second-order valence-electron chi connectivity index (χ2n) is 6.32. The second-order valence-corrected chi connectivity index (χ2v) is 6.32. The van der Waals surface area contributed by atoms with Crippen molar-refractivity contribution in [2.75, 3.05) is 18.4 Å². The smallest absolute Gasteiger partial charge is 0.313 e. The highest BCUT2D eigenvalue weighted by Gasteiger charge is 2.23. The van der Waals surface area contributed by atoms with Crippen molar-refractivity contribution < 1.29 is 9.59 Å². The molecule has 0 saturated heterocycles. The zero-order valence-corrected chi connectivity index (χ0v) is 13.6. The molecule has 0 spiro atoms. The lowest BCUT2D eigenvalue weighted by atomic mass is 10.1. The molecule has 0 aromatic heterocycles. The normalized spacial score (nSPS) is 10.8. The highest BCUT2D eigenvalue weighted by Crippen LogP contribution is 2.10. The Morgan fingerprint density at radius 3 is 1.90 bits per heavy atom. The van der Waals surface area contributed by atoms with Gasteiger partial charge in [-0.2, -0.15) is 0 Å². The van der Waals surface area contributed by atoms with Gasteiger partial charge in [0, 0.05) is 18.8 Å². The average Bonchev–Trinajstić information content (AvgIpc) is 2.38. The van der Waals surface area contributed by atoms with Crippen LogP contribution in [-0.2, 0) is 9.59 Å². The van der Waals surface area contributed by atoms with Crippen molar-refractivity contribution in [2.45, 2.75) is 34.6 Å². The summed E-state index contributed by atoms with van der Waals surface area (Å²) in [5, 5.41) is 2.67. The minimum absolute atomic E-state index is 0.333. The molecule has 0 aliphatic carbocycles. The van der Waals surface area contributed by atoms with Crippen LogP contribution in [0, 0.1) is 18.8 Å². The monoisotopic (exact) mass is 290 g/mol. The van der Waals surface area contributed by atoms with E-state index in [9.17, 15) is 9.59 Å². The molecule has 0 heterocycles. The largest absolute Gasteiger partial charge is 0.334 e. The Bertz CT molecular complexity index is 468. The number of benzene rings is 1. The standard InChI is InChI=1S/C17H26N2O2/c1-12(2)10-19(11-13(3)4)17(21)16(20)18-15-8-6-14(5)7-9-15/h6-9,12-13H,10-11H2,1-5H3,(H,18,20). The molecule has 1 aromatic carbocycles. The lowest BCUT2D eigenvalue weighted by Crippen LogP contribution is -2.43. The van der Waals surface area contributed by atoms with Crippen molar-refractivity contribution in [1.29, 1.82) is 0 Å². The zero-order valence-electron chi connectivity index (χ0n) is 13.6. The topological polar surface area (TPSA) is 49.4 Å². The summed E-state index contributed by atoms with van der Waals surface area (Å²) in [4.78, 5) is 26.0. The number of carbonyl (C=O) groups excluding carboxylic acids is 2. The molecule has 0 saturated carbocycles. The molecule has 0 unspecified atom stereocenters. The van der Waals surface area contributed by atoms with Crippen molar-refractivity contribution in [3.05, 3.63) is 29.8 Å². The molecule has 1 N–H and O–H groups in total. The summed E-state index contributed by atoms with van der Waals surface area (Å²) in [6, 6.07) is 7.41. The van der Waals surface area contributed by atoms with E-state index in [1.807, 2.05) is 46.8 Å². The Morgan fingerprint density at radius 2 is 1.48 bits per heavy atom. The molecule has 0 aliphatic rings.